The van der Waals surface area contributed by atoms with Crippen molar-refractivity contribution in [1.82, 2.24) is 0 Å². The van der Waals surface area contributed by atoms with Gasteiger partial charge in [0.1, 0.15) is 5.76 Å². The molecule has 0 unspecified atom stereocenters. The summed E-state index contributed by atoms with van der Waals surface area (Å²) in [5, 5.41) is 0. The highest BCUT2D eigenvalue weighted by Gasteiger charge is 2.32. The van der Waals surface area contributed by atoms with E-state index in [2.05, 4.69) is 39.0 Å². The molecule has 1 aliphatic heterocycles. The van der Waals surface area contributed by atoms with Crippen molar-refractivity contribution in [2.24, 2.45) is 5.92 Å². The van der Waals surface area contributed by atoms with Crippen molar-refractivity contribution >= 4 is 11.4 Å². The van der Waals surface area contributed by atoms with Crippen molar-refractivity contribution in [3.05, 3.63) is 51.8 Å². The molecule has 3 heteroatoms. The van der Waals surface area contributed by atoms with E-state index in [1.807, 2.05) is 0 Å². The van der Waals surface area contributed by atoms with Crippen LogP contribution >= 0.6 is 0 Å². The molecule has 2 aliphatic rings. The van der Waals surface area contributed by atoms with E-state index in [4.69, 9.17) is 9.47 Å². The number of ether oxygens (including phenoxy) is 2. The van der Waals surface area contributed by atoms with Crippen LogP contribution in [0, 0.1) is 26.7 Å². The van der Waals surface area contributed by atoms with Gasteiger partial charge in [-0.3, -0.25) is 4.79 Å². The Labute approximate surface area is 144 Å². The average molecular weight is 326 g/mol. The fourth-order valence-electron chi connectivity index (χ4n) is 3.99. The number of hydrogen-bond acceptors (Lipinski definition) is 3. The fourth-order valence-corrected chi connectivity index (χ4v) is 3.99. The Balaban J connectivity index is 2.06. The van der Waals surface area contributed by atoms with Crippen molar-refractivity contribution in [2.75, 3.05) is 20.3 Å². The van der Waals surface area contributed by atoms with Crippen LogP contribution < -0.4 is 0 Å². The molecule has 1 heterocycles. The van der Waals surface area contributed by atoms with Gasteiger partial charge in [-0.2, -0.15) is 0 Å². The van der Waals surface area contributed by atoms with E-state index in [9.17, 15) is 4.79 Å². The summed E-state index contributed by atoms with van der Waals surface area (Å²) in [5.74, 6) is 1.41. The number of aryl methyl sites for hydroxylation is 3. The van der Waals surface area contributed by atoms with Crippen LogP contribution in [-0.2, 0) is 14.3 Å². The van der Waals surface area contributed by atoms with E-state index in [0.717, 1.165) is 59.7 Å². The highest BCUT2D eigenvalue weighted by molar-refractivity contribution is 6.26. The topological polar surface area (TPSA) is 35.5 Å². The van der Waals surface area contributed by atoms with Gasteiger partial charge in [0.25, 0.3) is 0 Å². The van der Waals surface area contributed by atoms with Crippen LogP contribution in [0.1, 0.15) is 41.5 Å². The summed E-state index contributed by atoms with van der Waals surface area (Å²) in [7, 11) is 1.67. The zero-order valence-corrected chi connectivity index (χ0v) is 15.1. The molecule has 0 amide bonds. The Morgan fingerprint density at radius 2 is 1.75 bits per heavy atom. The Morgan fingerprint density at radius 1 is 1.12 bits per heavy atom. The summed E-state index contributed by atoms with van der Waals surface area (Å²) in [6, 6.07) is 4.27. The van der Waals surface area contributed by atoms with Gasteiger partial charge in [-0.1, -0.05) is 23.8 Å². The van der Waals surface area contributed by atoms with Crippen molar-refractivity contribution in [3.8, 4) is 0 Å². The van der Waals surface area contributed by atoms with Gasteiger partial charge in [-0.25, -0.2) is 0 Å². The minimum atomic E-state index is 0.167. The van der Waals surface area contributed by atoms with Gasteiger partial charge >= 0.3 is 0 Å². The first-order valence-corrected chi connectivity index (χ1v) is 8.69. The van der Waals surface area contributed by atoms with Gasteiger partial charge < -0.3 is 9.47 Å². The van der Waals surface area contributed by atoms with Crippen LogP contribution in [0.25, 0.3) is 5.57 Å². The van der Waals surface area contributed by atoms with Crippen molar-refractivity contribution in [2.45, 2.75) is 40.0 Å². The van der Waals surface area contributed by atoms with Gasteiger partial charge in [0.2, 0.25) is 0 Å². The highest BCUT2D eigenvalue weighted by atomic mass is 16.5. The lowest BCUT2D eigenvalue weighted by Gasteiger charge is -2.20. The molecule has 0 spiro atoms. The molecule has 0 aromatic heterocycles. The second-order valence-electron chi connectivity index (χ2n) is 6.92. The smallest absolute Gasteiger partial charge is 0.171 e. The Hall–Kier alpha value is -1.87. The number of Topliss-reactive ketones (excluding diaryl/α,β-unsaturated/α-hetero) is 1. The van der Waals surface area contributed by atoms with E-state index < -0.39 is 0 Å². The van der Waals surface area contributed by atoms with Crippen molar-refractivity contribution in [1.29, 1.82) is 0 Å². The van der Waals surface area contributed by atoms with E-state index in [0.29, 0.717) is 12.3 Å². The number of carbonyl (C=O) groups excluding carboxylic acids is 1. The largest absolute Gasteiger partial charge is 0.496 e. The SMILES string of the molecule is COC1=C(c2c(C)cc(C)cc2C)C(=O)C/C1=C\C1CCOCC1. The predicted octanol–water partition coefficient (Wildman–Crippen LogP) is 4.30. The molecule has 1 aromatic carbocycles. The number of methoxy groups -OCH3 is 1. The van der Waals surface area contributed by atoms with E-state index in [-0.39, 0.29) is 5.78 Å². The highest BCUT2D eigenvalue weighted by Crippen LogP contribution is 2.39. The monoisotopic (exact) mass is 326 g/mol. The van der Waals surface area contributed by atoms with Crippen LogP contribution in [0.2, 0.25) is 0 Å². The van der Waals surface area contributed by atoms with Gasteiger partial charge in [-0.15, -0.1) is 0 Å². The number of allylic oxidation sites excluding steroid dienone is 3. The molecule has 1 aromatic rings. The summed E-state index contributed by atoms with van der Waals surface area (Å²) < 4.78 is 11.1. The zero-order valence-electron chi connectivity index (χ0n) is 15.1. The molecule has 0 N–H and O–H groups in total. The normalized spacial score (nSPS) is 21.0. The van der Waals surface area contributed by atoms with E-state index in [1.54, 1.807) is 7.11 Å². The van der Waals surface area contributed by atoms with Gasteiger partial charge in [-0.05, 0) is 61.8 Å². The average Bonchev–Trinajstić information content (AvgIpc) is 2.83. The molecule has 3 rings (SSSR count). The number of hydrogen-bond donors (Lipinski definition) is 0. The maximum absolute atomic E-state index is 12.8. The Bertz CT molecular complexity index is 696. The standard InChI is InChI=1S/C21H26O3/c1-13-9-14(2)19(15(3)10-13)20-18(22)12-17(21(20)23-4)11-16-5-7-24-8-6-16/h9-11,16H,5-8,12H2,1-4H3/b17-11+. The summed E-state index contributed by atoms with van der Waals surface area (Å²) in [6.07, 6.45) is 4.73. The third-order valence-electron chi connectivity index (χ3n) is 4.98. The third-order valence-corrected chi connectivity index (χ3v) is 4.98. The number of carbonyl (C=O) groups is 1. The van der Waals surface area contributed by atoms with Crippen LogP contribution in [0.4, 0.5) is 0 Å². The molecule has 24 heavy (non-hydrogen) atoms. The molecular formula is C21H26O3. The maximum atomic E-state index is 12.8. The maximum Gasteiger partial charge on any atom is 0.171 e. The number of benzene rings is 1. The lowest BCUT2D eigenvalue weighted by molar-refractivity contribution is -0.112. The minimum Gasteiger partial charge on any atom is -0.496 e. The summed E-state index contributed by atoms with van der Waals surface area (Å²) in [4.78, 5) is 12.8. The molecule has 1 fully saturated rings. The lowest BCUT2D eigenvalue weighted by atomic mass is 9.92. The van der Waals surface area contributed by atoms with Gasteiger partial charge in [0.05, 0.1) is 12.7 Å². The van der Waals surface area contributed by atoms with Gasteiger partial charge in [0, 0.05) is 19.6 Å². The lowest BCUT2D eigenvalue weighted by Crippen LogP contribution is -2.14. The van der Waals surface area contributed by atoms with Crippen molar-refractivity contribution in [3.63, 3.8) is 0 Å². The zero-order chi connectivity index (χ0) is 17.3. The first-order chi connectivity index (χ1) is 11.5. The van der Waals surface area contributed by atoms with E-state index in [1.165, 1.54) is 5.56 Å². The predicted molar refractivity (Wildman–Crippen MR) is 95.8 cm³/mol. The molecule has 1 saturated heterocycles. The number of ketones is 1. The Kier molecular flexibility index (Phi) is 4.91. The third kappa shape index (κ3) is 3.18. The second-order valence-corrected chi connectivity index (χ2v) is 6.92. The minimum absolute atomic E-state index is 0.167. The molecule has 0 radical (unpaired) electrons. The first-order valence-electron chi connectivity index (χ1n) is 8.69. The molecular weight excluding hydrogens is 300 g/mol. The van der Waals surface area contributed by atoms with E-state index >= 15 is 0 Å². The van der Waals surface area contributed by atoms with Crippen molar-refractivity contribution < 1.29 is 14.3 Å². The fraction of sp³-hybridized carbons (Fsp3) is 0.476. The van der Waals surface area contributed by atoms with Crippen LogP contribution in [0.15, 0.2) is 29.5 Å². The first kappa shape index (κ1) is 17.0. The molecule has 0 bridgehead atoms. The second kappa shape index (κ2) is 6.94. The van der Waals surface area contributed by atoms with Gasteiger partial charge in [0.15, 0.2) is 5.78 Å². The number of rotatable bonds is 3. The van der Waals surface area contributed by atoms with Crippen LogP contribution in [-0.4, -0.2) is 26.1 Å². The van der Waals surface area contributed by atoms with Crippen LogP contribution in [0.5, 0.6) is 0 Å². The quantitative estimate of drug-likeness (QED) is 0.831. The molecule has 3 nitrogen and oxygen atoms in total. The van der Waals surface area contributed by atoms with Crippen LogP contribution in [0.3, 0.4) is 0 Å². The summed E-state index contributed by atoms with van der Waals surface area (Å²) >= 11 is 0. The molecule has 128 valence electrons. The molecule has 0 saturated carbocycles. The summed E-state index contributed by atoms with van der Waals surface area (Å²) in [5.41, 5.74) is 6.33. The Morgan fingerprint density at radius 3 is 2.33 bits per heavy atom. The summed E-state index contributed by atoms with van der Waals surface area (Å²) in [6.45, 7) is 7.84. The molecule has 1 aliphatic carbocycles. The molecule has 0 atom stereocenters.